The molecule has 1 unspecified atom stereocenters. The summed E-state index contributed by atoms with van der Waals surface area (Å²) in [5.74, 6) is -0.941. The maximum atomic E-state index is 11.7. The molecule has 27 heavy (non-hydrogen) atoms. The van der Waals surface area contributed by atoms with E-state index in [1.807, 2.05) is 0 Å². The standard InChI is InChI=1S/C25H28O2/c1-2-19-13-15-20(16-14-19)17-18-23(25(26)27)11-6-10-22-9-5-8-21-7-3-4-12-24(21)22/h3-5,7-9,12-16,23H,2,6,10-11,17-18H2,1H3,(H,26,27). The van der Waals surface area contributed by atoms with Gasteiger partial charge < -0.3 is 5.11 Å². The fourth-order valence-electron chi connectivity index (χ4n) is 3.72. The van der Waals surface area contributed by atoms with Crippen molar-refractivity contribution in [3.8, 4) is 0 Å². The van der Waals surface area contributed by atoms with E-state index in [4.69, 9.17) is 0 Å². The van der Waals surface area contributed by atoms with Gasteiger partial charge in [0.1, 0.15) is 0 Å². The van der Waals surface area contributed by atoms with Crippen LogP contribution in [-0.4, -0.2) is 11.1 Å². The van der Waals surface area contributed by atoms with E-state index in [0.717, 1.165) is 32.1 Å². The van der Waals surface area contributed by atoms with Crippen LogP contribution in [0.25, 0.3) is 10.8 Å². The highest BCUT2D eigenvalue weighted by atomic mass is 16.4. The molecule has 0 bridgehead atoms. The molecule has 140 valence electrons. The molecule has 0 fully saturated rings. The Bertz CT molecular complexity index is 875. The van der Waals surface area contributed by atoms with Gasteiger partial charge in [0.05, 0.1) is 5.92 Å². The first kappa shape index (κ1) is 19.2. The van der Waals surface area contributed by atoms with E-state index in [1.54, 1.807) is 0 Å². The smallest absolute Gasteiger partial charge is 0.306 e. The van der Waals surface area contributed by atoms with Gasteiger partial charge in [0.2, 0.25) is 0 Å². The Kier molecular flexibility index (Phi) is 6.64. The number of carbonyl (C=O) groups is 1. The molecule has 0 saturated heterocycles. The molecule has 0 aliphatic carbocycles. The summed E-state index contributed by atoms with van der Waals surface area (Å²) >= 11 is 0. The third-order valence-corrected chi connectivity index (χ3v) is 5.44. The number of hydrogen-bond donors (Lipinski definition) is 1. The molecule has 0 aliphatic rings. The number of fused-ring (bicyclic) bond motifs is 1. The molecule has 0 heterocycles. The van der Waals surface area contributed by atoms with E-state index in [1.165, 1.54) is 27.5 Å². The van der Waals surface area contributed by atoms with Gasteiger partial charge in [-0.3, -0.25) is 4.79 Å². The fourth-order valence-corrected chi connectivity index (χ4v) is 3.72. The number of benzene rings is 3. The third kappa shape index (κ3) is 5.19. The Morgan fingerprint density at radius 1 is 0.852 bits per heavy atom. The zero-order chi connectivity index (χ0) is 19.1. The van der Waals surface area contributed by atoms with Gasteiger partial charge in [-0.1, -0.05) is 73.7 Å². The summed E-state index contributed by atoms with van der Waals surface area (Å²) in [5, 5.41) is 12.1. The number of carboxylic acids is 1. The summed E-state index contributed by atoms with van der Waals surface area (Å²) < 4.78 is 0. The molecule has 1 N–H and O–H groups in total. The Labute approximate surface area is 161 Å². The second-order valence-corrected chi connectivity index (χ2v) is 7.27. The van der Waals surface area contributed by atoms with Crippen molar-refractivity contribution in [2.24, 2.45) is 5.92 Å². The number of rotatable bonds is 9. The van der Waals surface area contributed by atoms with Crippen molar-refractivity contribution in [2.45, 2.75) is 45.4 Å². The lowest BCUT2D eigenvalue weighted by Gasteiger charge is -2.13. The highest BCUT2D eigenvalue weighted by Gasteiger charge is 2.17. The third-order valence-electron chi connectivity index (χ3n) is 5.44. The van der Waals surface area contributed by atoms with Crippen LogP contribution in [-0.2, 0) is 24.1 Å². The molecular formula is C25H28O2. The first-order valence-corrected chi connectivity index (χ1v) is 9.94. The van der Waals surface area contributed by atoms with Crippen LogP contribution in [0.15, 0.2) is 66.7 Å². The Morgan fingerprint density at radius 3 is 2.30 bits per heavy atom. The molecule has 2 nitrogen and oxygen atoms in total. The zero-order valence-electron chi connectivity index (χ0n) is 16.0. The van der Waals surface area contributed by atoms with Crippen molar-refractivity contribution in [2.75, 3.05) is 0 Å². The molecule has 0 saturated carbocycles. The van der Waals surface area contributed by atoms with Gasteiger partial charge in [0, 0.05) is 0 Å². The first-order chi connectivity index (χ1) is 13.2. The summed E-state index contributed by atoms with van der Waals surface area (Å²) in [6.45, 7) is 2.14. The lowest BCUT2D eigenvalue weighted by atomic mass is 9.92. The molecule has 0 radical (unpaired) electrons. The van der Waals surface area contributed by atoms with E-state index < -0.39 is 5.97 Å². The number of carboxylic acid groups (broad SMARTS) is 1. The molecule has 3 aromatic carbocycles. The average molecular weight is 360 g/mol. The lowest BCUT2D eigenvalue weighted by Crippen LogP contribution is -2.15. The van der Waals surface area contributed by atoms with Gasteiger partial charge >= 0.3 is 5.97 Å². The van der Waals surface area contributed by atoms with Crippen LogP contribution >= 0.6 is 0 Å². The van der Waals surface area contributed by atoms with E-state index in [-0.39, 0.29) is 5.92 Å². The minimum absolute atomic E-state index is 0.272. The molecule has 0 spiro atoms. The summed E-state index contributed by atoms with van der Waals surface area (Å²) in [7, 11) is 0. The van der Waals surface area contributed by atoms with Crippen LogP contribution in [0.5, 0.6) is 0 Å². The highest BCUT2D eigenvalue weighted by molar-refractivity contribution is 5.85. The quantitative estimate of drug-likeness (QED) is 0.504. The predicted octanol–water partition coefficient (Wildman–Crippen LogP) is 6.06. The predicted molar refractivity (Wildman–Crippen MR) is 112 cm³/mol. The van der Waals surface area contributed by atoms with Crippen molar-refractivity contribution in [3.05, 3.63) is 83.4 Å². The molecule has 1 atom stereocenters. The lowest BCUT2D eigenvalue weighted by molar-refractivity contribution is -0.142. The van der Waals surface area contributed by atoms with Crippen molar-refractivity contribution >= 4 is 16.7 Å². The van der Waals surface area contributed by atoms with E-state index in [2.05, 4.69) is 73.7 Å². The maximum absolute atomic E-state index is 11.7. The topological polar surface area (TPSA) is 37.3 Å². The molecule has 0 amide bonds. The first-order valence-electron chi connectivity index (χ1n) is 9.94. The van der Waals surface area contributed by atoms with Crippen LogP contribution in [0.4, 0.5) is 0 Å². The van der Waals surface area contributed by atoms with Crippen LogP contribution in [0, 0.1) is 5.92 Å². The van der Waals surface area contributed by atoms with Gasteiger partial charge in [-0.25, -0.2) is 0 Å². The summed E-state index contributed by atoms with van der Waals surface area (Å²) in [6, 6.07) is 23.3. The Hall–Kier alpha value is -2.61. The van der Waals surface area contributed by atoms with Gasteiger partial charge in [0.15, 0.2) is 0 Å². The minimum atomic E-state index is -0.668. The zero-order valence-corrected chi connectivity index (χ0v) is 16.0. The minimum Gasteiger partial charge on any atom is -0.481 e. The highest BCUT2D eigenvalue weighted by Crippen LogP contribution is 2.22. The Balaban J connectivity index is 1.55. The van der Waals surface area contributed by atoms with Gasteiger partial charge in [-0.15, -0.1) is 0 Å². The normalized spacial score (nSPS) is 12.2. The van der Waals surface area contributed by atoms with Crippen LogP contribution in [0.1, 0.15) is 42.9 Å². The van der Waals surface area contributed by atoms with Gasteiger partial charge in [-0.2, -0.15) is 0 Å². The number of aliphatic carboxylic acids is 1. The van der Waals surface area contributed by atoms with Crippen molar-refractivity contribution in [3.63, 3.8) is 0 Å². The van der Waals surface area contributed by atoms with E-state index >= 15 is 0 Å². The molecule has 3 rings (SSSR count). The average Bonchev–Trinajstić information content (AvgIpc) is 2.70. The van der Waals surface area contributed by atoms with Gasteiger partial charge in [-0.05, 0) is 66.0 Å². The fraction of sp³-hybridized carbons (Fsp3) is 0.320. The van der Waals surface area contributed by atoms with Crippen molar-refractivity contribution < 1.29 is 9.90 Å². The van der Waals surface area contributed by atoms with Crippen LogP contribution in [0.2, 0.25) is 0 Å². The molecular weight excluding hydrogens is 332 g/mol. The summed E-state index contributed by atoms with van der Waals surface area (Å²) in [5.41, 5.74) is 3.86. The molecule has 0 aliphatic heterocycles. The Morgan fingerprint density at radius 2 is 1.56 bits per heavy atom. The van der Waals surface area contributed by atoms with E-state index in [0.29, 0.717) is 6.42 Å². The van der Waals surface area contributed by atoms with Crippen molar-refractivity contribution in [1.82, 2.24) is 0 Å². The van der Waals surface area contributed by atoms with E-state index in [9.17, 15) is 9.90 Å². The van der Waals surface area contributed by atoms with Crippen molar-refractivity contribution in [1.29, 1.82) is 0 Å². The SMILES string of the molecule is CCc1ccc(CCC(CCCc2cccc3ccccc23)C(=O)O)cc1. The number of hydrogen-bond acceptors (Lipinski definition) is 1. The molecule has 3 aromatic rings. The molecule has 0 aromatic heterocycles. The van der Waals surface area contributed by atoms with Crippen LogP contribution < -0.4 is 0 Å². The van der Waals surface area contributed by atoms with Gasteiger partial charge in [0.25, 0.3) is 0 Å². The number of aryl methyl sites for hydroxylation is 3. The second-order valence-electron chi connectivity index (χ2n) is 7.27. The maximum Gasteiger partial charge on any atom is 0.306 e. The monoisotopic (exact) mass is 360 g/mol. The second kappa shape index (κ2) is 9.36. The molecule has 2 heteroatoms. The summed E-state index contributed by atoms with van der Waals surface area (Å²) in [4.78, 5) is 11.7. The summed E-state index contributed by atoms with van der Waals surface area (Å²) in [6.07, 6.45) is 5.12. The van der Waals surface area contributed by atoms with Crippen LogP contribution in [0.3, 0.4) is 0 Å². The largest absolute Gasteiger partial charge is 0.481 e.